The van der Waals surface area contributed by atoms with Gasteiger partial charge in [-0.25, -0.2) is 4.98 Å². The van der Waals surface area contributed by atoms with Gasteiger partial charge in [0.25, 0.3) is 5.56 Å². The lowest BCUT2D eigenvalue weighted by Gasteiger charge is -2.04. The summed E-state index contributed by atoms with van der Waals surface area (Å²) in [6.45, 7) is 3.56. The van der Waals surface area contributed by atoms with E-state index in [9.17, 15) is 9.59 Å². The summed E-state index contributed by atoms with van der Waals surface area (Å²) in [7, 11) is 0. The fraction of sp³-hybridized carbons (Fsp3) is 0.105. The molecule has 0 N–H and O–H groups in total. The average Bonchev–Trinajstić information content (AvgIpc) is 3.06. The summed E-state index contributed by atoms with van der Waals surface area (Å²) in [6.07, 6.45) is 5.13. The summed E-state index contributed by atoms with van der Waals surface area (Å²) >= 11 is 0. The van der Waals surface area contributed by atoms with Crippen LogP contribution in [0.3, 0.4) is 0 Å². The molecule has 0 atom stereocenters. The van der Waals surface area contributed by atoms with E-state index in [0.717, 1.165) is 11.1 Å². The zero-order valence-corrected chi connectivity index (χ0v) is 13.0. The molecule has 1 aromatic carbocycles. The Bertz CT molecular complexity index is 923. The van der Waals surface area contributed by atoms with Crippen molar-refractivity contribution in [2.24, 2.45) is 0 Å². The Morgan fingerprint density at radius 2 is 2.00 bits per heavy atom. The van der Waals surface area contributed by atoms with Crippen molar-refractivity contribution in [2.45, 2.75) is 13.0 Å². The highest BCUT2D eigenvalue weighted by Crippen LogP contribution is 2.11. The summed E-state index contributed by atoms with van der Waals surface area (Å²) in [5.41, 5.74) is 1.57. The van der Waals surface area contributed by atoms with Crippen molar-refractivity contribution in [2.75, 3.05) is 0 Å². The van der Waals surface area contributed by atoms with Crippen molar-refractivity contribution in [1.82, 2.24) is 9.55 Å². The Labute approximate surface area is 138 Å². The van der Waals surface area contributed by atoms with Crippen LogP contribution in [0.4, 0.5) is 0 Å². The van der Waals surface area contributed by atoms with Gasteiger partial charge in [-0.2, -0.15) is 0 Å². The van der Waals surface area contributed by atoms with Crippen molar-refractivity contribution < 1.29 is 9.21 Å². The summed E-state index contributed by atoms with van der Waals surface area (Å²) in [4.78, 5) is 28.3. The smallest absolute Gasteiger partial charge is 0.250 e. The molecule has 3 rings (SSSR count). The first-order chi connectivity index (χ1) is 11.7. The Hall–Kier alpha value is -3.21. The largest absolute Gasteiger partial charge is 0.437 e. The number of hydrogen-bond donors (Lipinski definition) is 0. The number of carbonyl (C=O) groups is 1. The van der Waals surface area contributed by atoms with E-state index in [1.807, 2.05) is 30.3 Å². The normalized spacial score (nSPS) is 10.5. The van der Waals surface area contributed by atoms with Crippen LogP contribution in [0.15, 0.2) is 70.6 Å². The van der Waals surface area contributed by atoms with E-state index in [2.05, 4.69) is 11.6 Å². The Kier molecular flexibility index (Phi) is 4.52. The van der Waals surface area contributed by atoms with Crippen molar-refractivity contribution in [3.63, 3.8) is 0 Å². The molecule has 120 valence electrons. The molecular formula is C19H16N2O3. The molecule has 0 aliphatic carbocycles. The van der Waals surface area contributed by atoms with E-state index >= 15 is 0 Å². The standard InChI is InChI=1S/C19H16N2O3/c1-2-14-8-9-19(23)21(12-14)13-16(22)17-11-20-18(24-17)10-15-6-4-3-5-7-15/h2-9,11-12H,1,10,13H2. The van der Waals surface area contributed by atoms with Crippen LogP contribution in [0.25, 0.3) is 6.08 Å². The number of pyridine rings is 1. The van der Waals surface area contributed by atoms with E-state index in [1.165, 1.54) is 16.8 Å². The van der Waals surface area contributed by atoms with Gasteiger partial charge in [-0.15, -0.1) is 0 Å². The molecule has 5 heteroatoms. The Balaban J connectivity index is 1.74. The van der Waals surface area contributed by atoms with Crippen LogP contribution in [0.5, 0.6) is 0 Å². The van der Waals surface area contributed by atoms with Gasteiger partial charge in [0.15, 0.2) is 11.7 Å². The molecule has 5 nitrogen and oxygen atoms in total. The van der Waals surface area contributed by atoms with Crippen molar-refractivity contribution in [3.05, 3.63) is 94.6 Å². The SMILES string of the molecule is C=Cc1ccc(=O)n(CC(=O)c2cnc(Cc3ccccc3)o2)c1. The number of aromatic nitrogens is 2. The summed E-state index contributed by atoms with van der Waals surface area (Å²) in [5, 5.41) is 0. The summed E-state index contributed by atoms with van der Waals surface area (Å²) in [6, 6.07) is 12.8. The number of Topliss-reactive ketones (excluding diaryl/α,β-unsaturated/α-hetero) is 1. The molecule has 0 amide bonds. The first-order valence-electron chi connectivity index (χ1n) is 7.50. The van der Waals surface area contributed by atoms with Crippen LogP contribution < -0.4 is 5.56 Å². The van der Waals surface area contributed by atoms with Crippen LogP contribution in [0.1, 0.15) is 27.6 Å². The van der Waals surface area contributed by atoms with Gasteiger partial charge in [-0.1, -0.05) is 43.0 Å². The molecule has 2 aromatic heterocycles. The van der Waals surface area contributed by atoms with Gasteiger partial charge in [0.05, 0.1) is 12.7 Å². The highest BCUT2D eigenvalue weighted by molar-refractivity contribution is 5.92. The molecule has 0 bridgehead atoms. The third-order valence-corrected chi connectivity index (χ3v) is 3.58. The second kappa shape index (κ2) is 6.91. The lowest BCUT2D eigenvalue weighted by molar-refractivity contribution is 0.0942. The van der Waals surface area contributed by atoms with Crippen molar-refractivity contribution >= 4 is 11.9 Å². The van der Waals surface area contributed by atoms with Gasteiger partial charge in [-0.3, -0.25) is 9.59 Å². The third-order valence-electron chi connectivity index (χ3n) is 3.58. The van der Waals surface area contributed by atoms with Gasteiger partial charge in [0.2, 0.25) is 5.78 Å². The quantitative estimate of drug-likeness (QED) is 0.655. The molecule has 0 radical (unpaired) electrons. The minimum Gasteiger partial charge on any atom is -0.437 e. The summed E-state index contributed by atoms with van der Waals surface area (Å²) in [5.74, 6) is 0.318. The van der Waals surface area contributed by atoms with Crippen LogP contribution >= 0.6 is 0 Å². The highest BCUT2D eigenvalue weighted by atomic mass is 16.4. The Morgan fingerprint density at radius 1 is 1.21 bits per heavy atom. The maximum Gasteiger partial charge on any atom is 0.250 e. The number of benzene rings is 1. The molecule has 0 spiro atoms. The topological polar surface area (TPSA) is 65.1 Å². The second-order valence-corrected chi connectivity index (χ2v) is 5.34. The number of carbonyl (C=O) groups excluding carboxylic acids is 1. The number of nitrogens with zero attached hydrogens (tertiary/aromatic N) is 2. The van der Waals surface area contributed by atoms with Crippen LogP contribution in [-0.2, 0) is 13.0 Å². The van der Waals surface area contributed by atoms with Crippen molar-refractivity contribution in [3.8, 4) is 0 Å². The van der Waals surface area contributed by atoms with Crippen molar-refractivity contribution in [1.29, 1.82) is 0 Å². The molecule has 2 heterocycles. The molecule has 0 fully saturated rings. The lowest BCUT2D eigenvalue weighted by Crippen LogP contribution is -2.23. The third kappa shape index (κ3) is 3.57. The molecule has 0 unspecified atom stereocenters. The molecule has 3 aromatic rings. The number of oxazole rings is 1. The minimum atomic E-state index is -0.301. The number of hydrogen-bond acceptors (Lipinski definition) is 4. The molecule has 0 aliphatic rings. The zero-order valence-electron chi connectivity index (χ0n) is 13.0. The van der Waals surface area contributed by atoms with E-state index in [-0.39, 0.29) is 23.6 Å². The van der Waals surface area contributed by atoms with Gasteiger partial charge >= 0.3 is 0 Å². The molecular weight excluding hydrogens is 304 g/mol. The number of ketones is 1. The van der Waals surface area contributed by atoms with E-state index in [1.54, 1.807) is 18.3 Å². The van der Waals surface area contributed by atoms with Gasteiger partial charge in [-0.05, 0) is 17.2 Å². The first-order valence-corrected chi connectivity index (χ1v) is 7.50. The highest BCUT2D eigenvalue weighted by Gasteiger charge is 2.14. The molecule has 0 saturated carbocycles. The average molecular weight is 320 g/mol. The molecule has 24 heavy (non-hydrogen) atoms. The summed E-state index contributed by atoms with van der Waals surface area (Å²) < 4.78 is 6.85. The van der Waals surface area contributed by atoms with E-state index < -0.39 is 0 Å². The maximum atomic E-state index is 12.3. The fourth-order valence-electron chi connectivity index (χ4n) is 2.32. The zero-order chi connectivity index (χ0) is 16.9. The molecule has 0 aliphatic heterocycles. The Morgan fingerprint density at radius 3 is 2.75 bits per heavy atom. The maximum absolute atomic E-state index is 12.3. The predicted octanol–water partition coefficient (Wildman–Crippen LogP) is 2.95. The fourth-order valence-corrected chi connectivity index (χ4v) is 2.32. The number of rotatable bonds is 6. The van der Waals surface area contributed by atoms with Gasteiger partial charge < -0.3 is 8.98 Å². The predicted molar refractivity (Wildman–Crippen MR) is 90.9 cm³/mol. The van der Waals surface area contributed by atoms with E-state index in [4.69, 9.17) is 4.42 Å². The molecule has 0 saturated heterocycles. The van der Waals surface area contributed by atoms with Crippen LogP contribution in [0, 0.1) is 0 Å². The van der Waals surface area contributed by atoms with E-state index in [0.29, 0.717) is 12.3 Å². The van der Waals surface area contributed by atoms with Crippen LogP contribution in [-0.4, -0.2) is 15.3 Å². The van der Waals surface area contributed by atoms with Gasteiger partial charge in [0, 0.05) is 18.7 Å². The van der Waals surface area contributed by atoms with Crippen LogP contribution in [0.2, 0.25) is 0 Å². The minimum absolute atomic E-state index is 0.0967. The second-order valence-electron chi connectivity index (χ2n) is 5.34. The van der Waals surface area contributed by atoms with Gasteiger partial charge in [0.1, 0.15) is 0 Å². The first kappa shape index (κ1) is 15.7. The lowest BCUT2D eigenvalue weighted by atomic mass is 10.2. The monoisotopic (exact) mass is 320 g/mol.